The first-order valence-corrected chi connectivity index (χ1v) is 7.37. The number of morpholine rings is 1. The predicted molar refractivity (Wildman–Crippen MR) is 73.4 cm³/mol. The third-order valence-corrected chi connectivity index (χ3v) is 3.88. The van der Waals surface area contributed by atoms with Gasteiger partial charge in [-0.1, -0.05) is 6.42 Å². The van der Waals surface area contributed by atoms with Gasteiger partial charge in [-0.05, 0) is 12.8 Å². The molecule has 0 aromatic rings. The smallest absolute Gasteiger partial charge is 0.336 e. The quantitative estimate of drug-likeness (QED) is 0.674. The number of methoxy groups -OCH3 is 1. The highest BCUT2D eigenvalue weighted by Crippen LogP contribution is 2.12. The van der Waals surface area contributed by atoms with Crippen LogP contribution in [-0.2, 0) is 23.9 Å². The molecule has 0 aliphatic carbocycles. The van der Waals surface area contributed by atoms with Crippen molar-refractivity contribution in [2.24, 2.45) is 0 Å². The van der Waals surface area contributed by atoms with Gasteiger partial charge in [-0.2, -0.15) is 0 Å². The lowest BCUT2D eigenvalue weighted by atomic mass is 10.2. The molecule has 0 N–H and O–H groups in total. The topological polar surface area (TPSA) is 76.2 Å². The second kappa shape index (κ2) is 7.40. The Hall–Kier alpha value is -1.63. The van der Waals surface area contributed by atoms with E-state index in [1.165, 1.54) is 7.11 Å². The molecule has 2 amide bonds. The molecule has 0 saturated carbocycles. The predicted octanol–water partition coefficient (Wildman–Crippen LogP) is -0.211. The number of carbonyl (C=O) groups excluding carboxylic acids is 3. The van der Waals surface area contributed by atoms with E-state index in [1.807, 2.05) is 0 Å². The summed E-state index contributed by atoms with van der Waals surface area (Å²) < 4.78 is 9.93. The minimum atomic E-state index is -0.729. The van der Waals surface area contributed by atoms with Gasteiger partial charge in [-0.3, -0.25) is 9.59 Å². The number of likely N-dealkylation sites (tertiary alicyclic amines) is 1. The molecule has 0 aromatic heterocycles. The Morgan fingerprint density at radius 3 is 2.86 bits per heavy atom. The number of rotatable bonds is 3. The third kappa shape index (κ3) is 4.17. The fraction of sp³-hybridized carbons (Fsp3) is 0.786. The molecule has 1 atom stereocenters. The van der Waals surface area contributed by atoms with Crippen LogP contribution in [0.15, 0.2) is 0 Å². The van der Waals surface area contributed by atoms with Crippen molar-refractivity contribution < 1.29 is 23.9 Å². The van der Waals surface area contributed by atoms with Crippen molar-refractivity contribution >= 4 is 17.8 Å². The lowest BCUT2D eigenvalue weighted by Gasteiger charge is -2.33. The Morgan fingerprint density at radius 2 is 2.10 bits per heavy atom. The molecule has 21 heavy (non-hydrogen) atoms. The van der Waals surface area contributed by atoms with Crippen LogP contribution in [0.4, 0.5) is 0 Å². The SMILES string of the molecule is COC(=O)C1CN(C(=O)CN2CCCCCC2=O)CCO1. The van der Waals surface area contributed by atoms with Gasteiger partial charge in [0.2, 0.25) is 11.8 Å². The molecule has 0 spiro atoms. The number of carbonyl (C=O) groups is 3. The standard InChI is InChI=1S/C14H22N2O5/c1-20-14(19)11-9-16(7-8-21-11)13(18)10-15-6-4-2-3-5-12(15)17/h11H,2-10H2,1H3. The third-order valence-electron chi connectivity index (χ3n) is 3.88. The first-order chi connectivity index (χ1) is 10.1. The second-order valence-electron chi connectivity index (χ2n) is 5.35. The molecule has 2 heterocycles. The molecule has 1 unspecified atom stereocenters. The summed E-state index contributed by atoms with van der Waals surface area (Å²) in [6.45, 7) is 1.66. The summed E-state index contributed by atoms with van der Waals surface area (Å²) in [5, 5.41) is 0. The normalized spacial score (nSPS) is 23.7. The maximum atomic E-state index is 12.3. The van der Waals surface area contributed by atoms with Gasteiger partial charge in [-0.25, -0.2) is 4.79 Å². The number of hydrogen-bond acceptors (Lipinski definition) is 5. The summed E-state index contributed by atoms with van der Waals surface area (Å²) in [7, 11) is 1.29. The van der Waals surface area contributed by atoms with Crippen molar-refractivity contribution in [1.29, 1.82) is 0 Å². The van der Waals surface area contributed by atoms with Crippen molar-refractivity contribution in [1.82, 2.24) is 9.80 Å². The largest absolute Gasteiger partial charge is 0.467 e. The van der Waals surface area contributed by atoms with E-state index in [9.17, 15) is 14.4 Å². The molecule has 0 radical (unpaired) electrons. The first kappa shape index (κ1) is 15.8. The molecule has 2 aliphatic heterocycles. The number of ether oxygens (including phenoxy) is 2. The highest BCUT2D eigenvalue weighted by Gasteiger charge is 2.31. The zero-order valence-corrected chi connectivity index (χ0v) is 12.4. The van der Waals surface area contributed by atoms with E-state index in [2.05, 4.69) is 4.74 Å². The Balaban J connectivity index is 1.89. The van der Waals surface area contributed by atoms with Crippen molar-refractivity contribution in [2.45, 2.75) is 31.8 Å². The summed E-state index contributed by atoms with van der Waals surface area (Å²) in [4.78, 5) is 38.9. The van der Waals surface area contributed by atoms with E-state index in [0.29, 0.717) is 26.1 Å². The van der Waals surface area contributed by atoms with E-state index in [0.717, 1.165) is 19.3 Å². The molecule has 0 aromatic carbocycles. The summed E-state index contributed by atoms with van der Waals surface area (Å²) in [5.74, 6) is -0.570. The van der Waals surface area contributed by atoms with Crippen molar-refractivity contribution in [3.63, 3.8) is 0 Å². The van der Waals surface area contributed by atoms with Crippen LogP contribution in [0, 0.1) is 0 Å². The Kier molecular flexibility index (Phi) is 5.55. The number of esters is 1. The van der Waals surface area contributed by atoms with Crippen LogP contribution in [0.25, 0.3) is 0 Å². The van der Waals surface area contributed by atoms with Crippen molar-refractivity contribution in [2.75, 3.05) is 39.9 Å². The maximum Gasteiger partial charge on any atom is 0.336 e. The molecule has 118 valence electrons. The number of hydrogen-bond donors (Lipinski definition) is 0. The summed E-state index contributed by atoms with van der Waals surface area (Å²) in [6.07, 6.45) is 2.64. The molecular formula is C14H22N2O5. The average Bonchev–Trinajstić information content (AvgIpc) is 2.71. The van der Waals surface area contributed by atoms with Gasteiger partial charge in [0.1, 0.15) is 0 Å². The number of amides is 2. The van der Waals surface area contributed by atoms with E-state index in [4.69, 9.17) is 4.74 Å². The summed E-state index contributed by atoms with van der Waals surface area (Å²) >= 11 is 0. The van der Waals surface area contributed by atoms with Crippen LogP contribution in [0.2, 0.25) is 0 Å². The molecule has 2 rings (SSSR count). The lowest BCUT2D eigenvalue weighted by Crippen LogP contribution is -2.52. The van der Waals surface area contributed by atoms with Crippen molar-refractivity contribution in [3.8, 4) is 0 Å². The van der Waals surface area contributed by atoms with E-state index in [1.54, 1.807) is 9.80 Å². The molecule has 7 nitrogen and oxygen atoms in total. The van der Waals surface area contributed by atoms with Crippen LogP contribution in [0.1, 0.15) is 25.7 Å². The number of nitrogens with zero attached hydrogens (tertiary/aromatic N) is 2. The monoisotopic (exact) mass is 298 g/mol. The van der Waals surface area contributed by atoms with Gasteiger partial charge < -0.3 is 19.3 Å². The lowest BCUT2D eigenvalue weighted by molar-refractivity contribution is -0.163. The Bertz CT molecular complexity index is 412. The second-order valence-corrected chi connectivity index (χ2v) is 5.35. The van der Waals surface area contributed by atoms with Crippen LogP contribution < -0.4 is 0 Å². The van der Waals surface area contributed by atoms with E-state index in [-0.39, 0.29) is 24.9 Å². The molecular weight excluding hydrogens is 276 g/mol. The van der Waals surface area contributed by atoms with Crippen molar-refractivity contribution in [3.05, 3.63) is 0 Å². The van der Waals surface area contributed by atoms with Gasteiger partial charge in [0.25, 0.3) is 0 Å². The Labute approximate surface area is 124 Å². The minimum absolute atomic E-state index is 0.0404. The fourth-order valence-electron chi connectivity index (χ4n) is 2.62. The highest BCUT2D eigenvalue weighted by molar-refractivity contribution is 5.85. The Morgan fingerprint density at radius 1 is 1.29 bits per heavy atom. The zero-order valence-electron chi connectivity index (χ0n) is 12.4. The highest BCUT2D eigenvalue weighted by atomic mass is 16.6. The van der Waals surface area contributed by atoms with Crippen LogP contribution in [0.3, 0.4) is 0 Å². The van der Waals surface area contributed by atoms with Crippen LogP contribution in [-0.4, -0.2) is 73.6 Å². The molecule has 2 aliphatic rings. The minimum Gasteiger partial charge on any atom is -0.467 e. The molecule has 7 heteroatoms. The van der Waals surface area contributed by atoms with Crippen LogP contribution in [0.5, 0.6) is 0 Å². The zero-order chi connectivity index (χ0) is 15.2. The average molecular weight is 298 g/mol. The van der Waals surface area contributed by atoms with Gasteiger partial charge in [0.15, 0.2) is 6.10 Å². The molecule has 0 bridgehead atoms. The first-order valence-electron chi connectivity index (χ1n) is 7.37. The van der Waals surface area contributed by atoms with E-state index < -0.39 is 12.1 Å². The van der Waals surface area contributed by atoms with Gasteiger partial charge in [0.05, 0.1) is 26.8 Å². The van der Waals surface area contributed by atoms with Crippen LogP contribution >= 0.6 is 0 Å². The summed E-state index contributed by atoms with van der Waals surface area (Å²) in [6, 6.07) is 0. The van der Waals surface area contributed by atoms with E-state index >= 15 is 0 Å². The summed E-state index contributed by atoms with van der Waals surface area (Å²) in [5.41, 5.74) is 0. The maximum absolute atomic E-state index is 12.3. The van der Waals surface area contributed by atoms with Gasteiger partial charge >= 0.3 is 5.97 Å². The fourth-order valence-corrected chi connectivity index (χ4v) is 2.62. The molecule has 2 saturated heterocycles. The van der Waals surface area contributed by atoms with Gasteiger partial charge in [0, 0.05) is 19.5 Å². The van der Waals surface area contributed by atoms with Gasteiger partial charge in [-0.15, -0.1) is 0 Å². The molecule has 2 fully saturated rings.